The first-order valence-electron chi connectivity index (χ1n) is 7.10. The number of carbonyl (C=O) groups excluding carboxylic acids is 1. The number of carbonyl (C=O) groups is 1. The largest absolute Gasteiger partial charge is 0.324 e. The molecule has 7 heteroatoms. The van der Waals surface area contributed by atoms with Gasteiger partial charge in [0.1, 0.15) is 0 Å². The number of hydrogen-bond acceptors (Lipinski definition) is 3. The Bertz CT molecular complexity index is 683. The van der Waals surface area contributed by atoms with Gasteiger partial charge in [0.05, 0.1) is 15.7 Å². The van der Waals surface area contributed by atoms with E-state index in [4.69, 9.17) is 23.2 Å². The summed E-state index contributed by atoms with van der Waals surface area (Å²) >= 11 is 13.3. The Morgan fingerprint density at radius 3 is 2.68 bits per heavy atom. The predicted octanol–water partition coefficient (Wildman–Crippen LogP) is 5.13. The molecule has 2 aromatic rings. The molecule has 0 radical (unpaired) electrons. The maximum Gasteiger partial charge on any atom is 0.323 e. The summed E-state index contributed by atoms with van der Waals surface area (Å²) in [5.74, 6) is 0. The van der Waals surface area contributed by atoms with Crippen molar-refractivity contribution < 1.29 is 4.79 Å². The molecule has 0 spiro atoms. The minimum absolute atomic E-state index is 0.0743. The van der Waals surface area contributed by atoms with Crippen LogP contribution in [0, 0.1) is 0 Å². The van der Waals surface area contributed by atoms with E-state index in [2.05, 4.69) is 10.3 Å². The lowest BCUT2D eigenvalue weighted by atomic mass is 10.1. The van der Waals surface area contributed by atoms with Crippen LogP contribution in [0.5, 0.6) is 0 Å². The van der Waals surface area contributed by atoms with Gasteiger partial charge in [0.2, 0.25) is 0 Å². The topological polar surface area (TPSA) is 45.2 Å². The number of benzene rings is 1. The van der Waals surface area contributed by atoms with E-state index < -0.39 is 0 Å². The fourth-order valence-corrected chi connectivity index (χ4v) is 3.39. The zero-order chi connectivity index (χ0) is 15.5. The Balaban J connectivity index is 1.70. The number of nitrogens with zero attached hydrogens (tertiary/aromatic N) is 2. The van der Waals surface area contributed by atoms with E-state index in [9.17, 15) is 4.79 Å². The van der Waals surface area contributed by atoms with E-state index >= 15 is 0 Å². The first kappa shape index (κ1) is 15.6. The highest BCUT2D eigenvalue weighted by atomic mass is 35.5. The molecule has 2 amide bonds. The summed E-state index contributed by atoms with van der Waals surface area (Å²) in [4.78, 5) is 18.4. The second-order valence-corrected chi connectivity index (χ2v) is 6.82. The zero-order valence-corrected chi connectivity index (χ0v) is 14.1. The van der Waals surface area contributed by atoms with Crippen molar-refractivity contribution in [3.8, 4) is 11.3 Å². The molecule has 1 aliphatic rings. The van der Waals surface area contributed by atoms with Crippen molar-refractivity contribution in [3.63, 3.8) is 0 Å². The van der Waals surface area contributed by atoms with E-state index in [0.717, 1.165) is 37.2 Å². The van der Waals surface area contributed by atoms with Crippen LogP contribution in [0.2, 0.25) is 10.0 Å². The summed E-state index contributed by atoms with van der Waals surface area (Å²) in [6, 6.07) is 5.30. The Kier molecular flexibility index (Phi) is 4.86. The van der Waals surface area contributed by atoms with Gasteiger partial charge in [-0.2, -0.15) is 0 Å². The first-order chi connectivity index (χ1) is 10.6. The molecular formula is C15H15Cl2N3OS. The van der Waals surface area contributed by atoms with Gasteiger partial charge in [-0.05, 0) is 31.4 Å². The lowest BCUT2D eigenvalue weighted by Gasteiger charge is -2.26. The summed E-state index contributed by atoms with van der Waals surface area (Å²) in [5, 5.41) is 6.36. The number of nitrogens with one attached hydrogen (secondary N) is 1. The fourth-order valence-electron chi connectivity index (χ4n) is 2.39. The number of hydrogen-bond donors (Lipinski definition) is 1. The number of piperidine rings is 1. The number of aromatic nitrogens is 1. The average molecular weight is 356 g/mol. The average Bonchev–Trinajstić information content (AvgIpc) is 2.99. The first-order valence-corrected chi connectivity index (χ1v) is 8.74. The molecule has 4 nitrogen and oxygen atoms in total. The highest BCUT2D eigenvalue weighted by Crippen LogP contribution is 2.30. The molecule has 2 heterocycles. The van der Waals surface area contributed by atoms with Gasteiger partial charge in [-0.1, -0.05) is 29.3 Å². The van der Waals surface area contributed by atoms with Crippen LogP contribution in [0.1, 0.15) is 19.3 Å². The van der Waals surface area contributed by atoms with Crippen LogP contribution in [0.15, 0.2) is 23.6 Å². The molecule has 0 unspecified atom stereocenters. The highest BCUT2D eigenvalue weighted by molar-refractivity contribution is 7.14. The fraction of sp³-hybridized carbons (Fsp3) is 0.333. The van der Waals surface area contributed by atoms with Crippen LogP contribution in [0.25, 0.3) is 11.3 Å². The summed E-state index contributed by atoms with van der Waals surface area (Å²) in [7, 11) is 0. The second-order valence-electron chi connectivity index (χ2n) is 5.14. The maximum atomic E-state index is 12.2. The molecule has 1 aromatic carbocycles. The van der Waals surface area contributed by atoms with Crippen molar-refractivity contribution in [1.29, 1.82) is 0 Å². The summed E-state index contributed by atoms with van der Waals surface area (Å²) in [6.07, 6.45) is 3.34. The van der Waals surface area contributed by atoms with Crippen LogP contribution in [0.3, 0.4) is 0 Å². The van der Waals surface area contributed by atoms with Crippen molar-refractivity contribution in [3.05, 3.63) is 33.6 Å². The number of halogens is 2. The van der Waals surface area contributed by atoms with Gasteiger partial charge >= 0.3 is 6.03 Å². The summed E-state index contributed by atoms with van der Waals surface area (Å²) in [5.41, 5.74) is 1.65. The number of anilines is 1. The smallest absolute Gasteiger partial charge is 0.323 e. The standard InChI is InChI=1S/C15H15Cl2N3OS/c16-11-5-4-10(8-12(11)17)13-9-22-14(18-13)19-15(21)20-6-2-1-3-7-20/h4-5,8-9H,1-3,6-7H2,(H,18,19,21). The van der Waals surface area contributed by atoms with E-state index in [1.165, 1.54) is 17.8 Å². The van der Waals surface area contributed by atoms with Gasteiger partial charge in [-0.15, -0.1) is 11.3 Å². The van der Waals surface area contributed by atoms with Crippen molar-refractivity contribution in [2.75, 3.05) is 18.4 Å². The molecule has 22 heavy (non-hydrogen) atoms. The Labute approximate surface area is 143 Å². The van der Waals surface area contributed by atoms with Crippen LogP contribution in [-0.4, -0.2) is 29.0 Å². The number of amides is 2. The SMILES string of the molecule is O=C(Nc1nc(-c2ccc(Cl)c(Cl)c2)cs1)N1CCCCC1. The molecule has 0 saturated carbocycles. The normalized spacial score (nSPS) is 14.9. The molecule has 3 rings (SSSR count). The molecule has 116 valence electrons. The van der Waals surface area contributed by atoms with Crippen molar-refractivity contribution in [2.24, 2.45) is 0 Å². The van der Waals surface area contributed by atoms with E-state index in [-0.39, 0.29) is 6.03 Å². The van der Waals surface area contributed by atoms with Crippen molar-refractivity contribution in [1.82, 2.24) is 9.88 Å². The Morgan fingerprint density at radius 2 is 1.95 bits per heavy atom. The van der Waals surface area contributed by atoms with Gasteiger partial charge in [-0.3, -0.25) is 5.32 Å². The zero-order valence-electron chi connectivity index (χ0n) is 11.8. The molecule has 1 N–H and O–H groups in total. The van der Waals surface area contributed by atoms with Gasteiger partial charge in [-0.25, -0.2) is 9.78 Å². The Hall–Kier alpha value is -1.30. The van der Waals surface area contributed by atoms with Gasteiger partial charge in [0.25, 0.3) is 0 Å². The Morgan fingerprint density at radius 1 is 1.18 bits per heavy atom. The van der Waals surface area contributed by atoms with Crippen LogP contribution in [-0.2, 0) is 0 Å². The molecule has 0 aliphatic carbocycles. The van der Waals surface area contributed by atoms with E-state index in [1.807, 2.05) is 16.3 Å². The number of urea groups is 1. The molecule has 0 bridgehead atoms. The number of rotatable bonds is 2. The van der Waals surface area contributed by atoms with Gasteiger partial charge in [0, 0.05) is 24.0 Å². The third-order valence-corrected chi connectivity index (χ3v) is 5.07. The van der Waals surface area contributed by atoms with Crippen molar-refractivity contribution >= 4 is 45.7 Å². The highest BCUT2D eigenvalue weighted by Gasteiger charge is 2.17. The van der Waals surface area contributed by atoms with Crippen molar-refractivity contribution in [2.45, 2.75) is 19.3 Å². The van der Waals surface area contributed by atoms with Gasteiger partial charge < -0.3 is 4.90 Å². The van der Waals surface area contributed by atoms with E-state index in [1.54, 1.807) is 12.1 Å². The molecule has 0 atom stereocenters. The maximum absolute atomic E-state index is 12.2. The van der Waals surface area contributed by atoms with Crippen LogP contribution < -0.4 is 5.32 Å². The molecule has 1 aromatic heterocycles. The van der Waals surface area contributed by atoms with Gasteiger partial charge in [0.15, 0.2) is 5.13 Å². The minimum atomic E-state index is -0.0743. The number of thiazole rings is 1. The lowest BCUT2D eigenvalue weighted by Crippen LogP contribution is -2.38. The third-order valence-electron chi connectivity index (χ3n) is 3.58. The van der Waals surface area contributed by atoms with E-state index in [0.29, 0.717) is 15.2 Å². The summed E-state index contributed by atoms with van der Waals surface area (Å²) in [6.45, 7) is 1.63. The molecule has 1 aliphatic heterocycles. The third kappa shape index (κ3) is 3.54. The molecule has 1 fully saturated rings. The quantitative estimate of drug-likeness (QED) is 0.810. The minimum Gasteiger partial charge on any atom is -0.324 e. The monoisotopic (exact) mass is 355 g/mol. The van der Waals surface area contributed by atoms with Crippen LogP contribution in [0.4, 0.5) is 9.93 Å². The summed E-state index contributed by atoms with van der Waals surface area (Å²) < 4.78 is 0. The lowest BCUT2D eigenvalue weighted by molar-refractivity contribution is 0.200. The number of likely N-dealkylation sites (tertiary alicyclic amines) is 1. The predicted molar refractivity (Wildman–Crippen MR) is 92.0 cm³/mol. The second kappa shape index (κ2) is 6.86. The molecular weight excluding hydrogens is 341 g/mol. The van der Waals surface area contributed by atoms with Crippen LogP contribution >= 0.6 is 34.5 Å². The molecule has 1 saturated heterocycles.